The van der Waals surface area contributed by atoms with Crippen LogP contribution in [-0.4, -0.2) is 35.6 Å². The second-order valence-corrected chi connectivity index (χ2v) is 6.48. The summed E-state index contributed by atoms with van der Waals surface area (Å²) in [5.74, 6) is 0.818. The number of aromatic nitrogens is 1. The summed E-state index contributed by atoms with van der Waals surface area (Å²) in [4.78, 5) is 6.69. The van der Waals surface area contributed by atoms with Crippen LogP contribution in [0.1, 0.15) is 25.7 Å². The van der Waals surface area contributed by atoms with Crippen LogP contribution in [0.4, 0.5) is 5.69 Å². The third-order valence-electron chi connectivity index (χ3n) is 4.55. The van der Waals surface area contributed by atoms with Crippen LogP contribution in [0.25, 0.3) is 0 Å². The number of rotatable bonds is 3. The van der Waals surface area contributed by atoms with Crippen molar-refractivity contribution in [3.8, 4) is 0 Å². The van der Waals surface area contributed by atoms with Crippen LogP contribution in [-0.2, 0) is 0 Å². The predicted octanol–water partition coefficient (Wildman–Crippen LogP) is 3.13. The van der Waals surface area contributed by atoms with E-state index in [1.807, 2.05) is 18.5 Å². The molecule has 2 aliphatic heterocycles. The Hall–Kier alpha value is -0.610. The minimum Gasteiger partial charge on any atom is -0.384 e. The van der Waals surface area contributed by atoms with Crippen LogP contribution in [0.15, 0.2) is 22.9 Å². The minimum atomic E-state index is 0.818. The van der Waals surface area contributed by atoms with E-state index in [-0.39, 0.29) is 0 Å². The second kappa shape index (κ2) is 5.17. The summed E-state index contributed by atoms with van der Waals surface area (Å²) >= 11 is 3.53. The van der Waals surface area contributed by atoms with Crippen molar-refractivity contribution in [1.29, 1.82) is 0 Å². The summed E-state index contributed by atoms with van der Waals surface area (Å²) in [6.45, 7) is 1.09. The van der Waals surface area contributed by atoms with Crippen LogP contribution in [0.2, 0.25) is 0 Å². The van der Waals surface area contributed by atoms with Gasteiger partial charge in [0.15, 0.2) is 0 Å². The lowest BCUT2D eigenvalue weighted by atomic mass is 9.91. The van der Waals surface area contributed by atoms with Crippen molar-refractivity contribution < 1.29 is 0 Å². The fourth-order valence-corrected chi connectivity index (χ4v) is 3.85. The topological polar surface area (TPSA) is 28.2 Å². The van der Waals surface area contributed by atoms with E-state index in [1.54, 1.807) is 0 Å². The highest BCUT2D eigenvalue weighted by atomic mass is 79.9. The predicted molar refractivity (Wildman–Crippen MR) is 77.7 cm³/mol. The second-order valence-electron chi connectivity index (χ2n) is 5.62. The average Bonchev–Trinajstić information content (AvgIpc) is 2.62. The van der Waals surface area contributed by atoms with Gasteiger partial charge in [-0.2, -0.15) is 0 Å². The van der Waals surface area contributed by atoms with Gasteiger partial charge in [-0.1, -0.05) is 0 Å². The zero-order valence-electron chi connectivity index (χ0n) is 10.8. The third kappa shape index (κ3) is 2.41. The lowest BCUT2D eigenvalue weighted by Gasteiger charge is -2.36. The number of halogens is 1. The quantitative estimate of drug-likeness (QED) is 0.930. The normalized spacial score (nSPS) is 31.6. The van der Waals surface area contributed by atoms with E-state index < -0.39 is 0 Å². The molecule has 1 N–H and O–H groups in total. The van der Waals surface area contributed by atoms with Gasteiger partial charge in [0.05, 0.1) is 10.2 Å². The summed E-state index contributed by atoms with van der Waals surface area (Å²) in [6.07, 6.45) is 9.19. The molecule has 3 heterocycles. The van der Waals surface area contributed by atoms with Crippen molar-refractivity contribution in [2.45, 2.75) is 37.8 Å². The Morgan fingerprint density at radius 2 is 2.11 bits per heavy atom. The highest BCUT2D eigenvalue weighted by molar-refractivity contribution is 9.10. The first-order valence-corrected chi connectivity index (χ1v) is 7.58. The molecule has 18 heavy (non-hydrogen) atoms. The number of nitrogens with one attached hydrogen (secondary N) is 1. The number of fused-ring (bicyclic) bond motifs is 2. The van der Waals surface area contributed by atoms with Crippen LogP contribution >= 0.6 is 15.9 Å². The largest absolute Gasteiger partial charge is 0.384 e. The summed E-state index contributed by atoms with van der Waals surface area (Å²) in [5.41, 5.74) is 1.16. The molecule has 3 nitrogen and oxygen atoms in total. The Kier molecular flexibility index (Phi) is 3.57. The number of pyridine rings is 1. The van der Waals surface area contributed by atoms with Gasteiger partial charge in [0, 0.05) is 31.0 Å². The van der Waals surface area contributed by atoms with Crippen molar-refractivity contribution in [3.05, 3.63) is 22.9 Å². The van der Waals surface area contributed by atoms with E-state index in [4.69, 9.17) is 0 Å². The highest BCUT2D eigenvalue weighted by Crippen LogP contribution is 2.37. The van der Waals surface area contributed by atoms with Crippen molar-refractivity contribution in [3.63, 3.8) is 0 Å². The van der Waals surface area contributed by atoms with Gasteiger partial charge < -0.3 is 10.2 Å². The van der Waals surface area contributed by atoms with Gasteiger partial charge in [0.1, 0.15) is 0 Å². The summed E-state index contributed by atoms with van der Waals surface area (Å²) in [6, 6.07) is 3.70. The lowest BCUT2D eigenvalue weighted by Crippen LogP contribution is -2.41. The van der Waals surface area contributed by atoms with Crippen LogP contribution in [0, 0.1) is 5.92 Å². The molecule has 2 aliphatic rings. The summed E-state index contributed by atoms with van der Waals surface area (Å²) in [7, 11) is 2.30. The molecule has 3 rings (SSSR count). The Bertz CT molecular complexity index is 409. The maximum Gasteiger partial charge on any atom is 0.0590 e. The van der Waals surface area contributed by atoms with Crippen molar-refractivity contribution >= 4 is 21.6 Å². The van der Waals surface area contributed by atoms with Crippen molar-refractivity contribution in [2.75, 3.05) is 18.9 Å². The zero-order valence-corrected chi connectivity index (χ0v) is 12.4. The Morgan fingerprint density at radius 3 is 2.78 bits per heavy atom. The Morgan fingerprint density at radius 1 is 1.39 bits per heavy atom. The van der Waals surface area contributed by atoms with Gasteiger partial charge >= 0.3 is 0 Å². The Labute approximate surface area is 117 Å². The van der Waals surface area contributed by atoms with E-state index in [0.717, 1.165) is 34.7 Å². The fraction of sp³-hybridized carbons (Fsp3) is 0.643. The van der Waals surface area contributed by atoms with Gasteiger partial charge in [-0.05, 0) is 60.6 Å². The van der Waals surface area contributed by atoms with E-state index >= 15 is 0 Å². The molecule has 2 atom stereocenters. The maximum atomic E-state index is 4.09. The van der Waals surface area contributed by atoms with E-state index in [0.29, 0.717) is 0 Å². The molecule has 0 spiro atoms. The van der Waals surface area contributed by atoms with Crippen LogP contribution in [0.3, 0.4) is 0 Å². The number of anilines is 1. The molecule has 1 aromatic rings. The molecule has 1 aromatic heterocycles. The van der Waals surface area contributed by atoms with Gasteiger partial charge in [-0.15, -0.1) is 0 Å². The van der Waals surface area contributed by atoms with Gasteiger partial charge in [-0.3, -0.25) is 4.98 Å². The molecule has 98 valence electrons. The molecular formula is C14H20BrN3. The lowest BCUT2D eigenvalue weighted by molar-refractivity contribution is 0.139. The molecule has 0 amide bonds. The molecule has 2 fully saturated rings. The van der Waals surface area contributed by atoms with Gasteiger partial charge in [0.2, 0.25) is 0 Å². The highest BCUT2D eigenvalue weighted by Gasteiger charge is 2.38. The standard InChI is InChI=1S/C14H20BrN3/c1-18-11-2-3-12(18)7-10(6-11)8-17-14-4-5-16-9-13(14)15/h4-5,9-12H,2-3,6-8H2,1H3,(H,16,17). The smallest absolute Gasteiger partial charge is 0.0590 e. The van der Waals surface area contributed by atoms with E-state index in [9.17, 15) is 0 Å². The molecule has 2 unspecified atom stereocenters. The summed E-state index contributed by atoms with van der Waals surface area (Å²) in [5, 5.41) is 3.56. The molecule has 0 aliphatic carbocycles. The molecule has 0 aromatic carbocycles. The minimum absolute atomic E-state index is 0.818. The SMILES string of the molecule is CN1C2CCC1CC(CNc1ccncc1Br)C2. The molecular weight excluding hydrogens is 290 g/mol. The third-order valence-corrected chi connectivity index (χ3v) is 5.18. The molecule has 2 bridgehead atoms. The first-order valence-electron chi connectivity index (χ1n) is 6.79. The van der Waals surface area contributed by atoms with E-state index in [1.165, 1.54) is 25.7 Å². The number of hydrogen-bond donors (Lipinski definition) is 1. The monoisotopic (exact) mass is 309 g/mol. The number of piperidine rings is 1. The molecule has 4 heteroatoms. The number of nitrogens with zero attached hydrogens (tertiary/aromatic N) is 2. The molecule has 0 saturated carbocycles. The summed E-state index contributed by atoms with van der Waals surface area (Å²) < 4.78 is 1.06. The maximum absolute atomic E-state index is 4.09. The average molecular weight is 310 g/mol. The zero-order chi connectivity index (χ0) is 12.5. The van der Waals surface area contributed by atoms with Crippen molar-refractivity contribution in [2.24, 2.45) is 5.92 Å². The number of hydrogen-bond acceptors (Lipinski definition) is 3. The van der Waals surface area contributed by atoms with Gasteiger partial charge in [0.25, 0.3) is 0 Å². The van der Waals surface area contributed by atoms with Crippen LogP contribution < -0.4 is 5.32 Å². The van der Waals surface area contributed by atoms with E-state index in [2.05, 4.69) is 38.2 Å². The van der Waals surface area contributed by atoms with Crippen LogP contribution in [0.5, 0.6) is 0 Å². The fourth-order valence-electron chi connectivity index (χ4n) is 3.46. The molecule has 2 saturated heterocycles. The first-order chi connectivity index (χ1) is 8.74. The van der Waals surface area contributed by atoms with Gasteiger partial charge in [-0.25, -0.2) is 0 Å². The first kappa shape index (κ1) is 12.4. The van der Waals surface area contributed by atoms with Crippen molar-refractivity contribution in [1.82, 2.24) is 9.88 Å². The molecule has 0 radical (unpaired) electrons. The Balaban J connectivity index is 1.57.